The minimum Gasteiger partial charge on any atom is -0.316 e. The number of hydrogen-bond donors (Lipinski definition) is 1. The lowest BCUT2D eigenvalue weighted by Gasteiger charge is -2.35. The molecule has 20 heavy (non-hydrogen) atoms. The lowest BCUT2D eigenvalue weighted by molar-refractivity contribution is 0.183. The average molecular weight is 295 g/mol. The van der Waals surface area contributed by atoms with Crippen LogP contribution in [-0.4, -0.2) is 18.1 Å². The normalized spacial score (nSPS) is 26.9. The number of rotatable bonds is 6. The van der Waals surface area contributed by atoms with Crippen LogP contribution in [0.15, 0.2) is 0 Å². The van der Waals surface area contributed by atoms with Gasteiger partial charge in [0.1, 0.15) is 0 Å². The molecule has 0 radical (unpaired) electrons. The number of thiazole rings is 1. The first kappa shape index (κ1) is 16.0. The van der Waals surface area contributed by atoms with Gasteiger partial charge in [-0.2, -0.15) is 0 Å². The van der Waals surface area contributed by atoms with Crippen LogP contribution >= 0.6 is 11.3 Å². The van der Waals surface area contributed by atoms with Crippen LogP contribution in [0.2, 0.25) is 0 Å². The minimum absolute atomic E-state index is 0.827. The van der Waals surface area contributed by atoms with E-state index >= 15 is 0 Å². The van der Waals surface area contributed by atoms with Gasteiger partial charge in [-0.1, -0.05) is 20.3 Å². The van der Waals surface area contributed by atoms with Crippen molar-refractivity contribution >= 4 is 11.3 Å². The van der Waals surface area contributed by atoms with Gasteiger partial charge < -0.3 is 5.32 Å². The van der Waals surface area contributed by atoms with Crippen LogP contribution in [0.4, 0.5) is 0 Å². The highest BCUT2D eigenvalue weighted by Gasteiger charge is 2.29. The summed E-state index contributed by atoms with van der Waals surface area (Å²) in [5.74, 6) is 2.57. The molecule has 3 unspecified atom stereocenters. The van der Waals surface area contributed by atoms with E-state index < -0.39 is 0 Å². The molecule has 1 saturated carbocycles. The lowest BCUT2D eigenvalue weighted by atomic mass is 9.73. The zero-order chi connectivity index (χ0) is 14.5. The summed E-state index contributed by atoms with van der Waals surface area (Å²) in [6.45, 7) is 11.4. The molecule has 1 aromatic heterocycles. The first-order chi connectivity index (χ1) is 9.60. The van der Waals surface area contributed by atoms with Gasteiger partial charge in [-0.25, -0.2) is 4.98 Å². The molecular weight excluding hydrogens is 264 g/mol. The van der Waals surface area contributed by atoms with Gasteiger partial charge in [0.25, 0.3) is 0 Å². The maximum absolute atomic E-state index is 4.76. The van der Waals surface area contributed by atoms with Gasteiger partial charge in [0, 0.05) is 11.3 Å². The molecule has 1 fully saturated rings. The van der Waals surface area contributed by atoms with Crippen molar-refractivity contribution in [3.8, 4) is 0 Å². The largest absolute Gasteiger partial charge is 0.316 e. The van der Waals surface area contributed by atoms with E-state index in [0.717, 1.165) is 24.3 Å². The summed E-state index contributed by atoms with van der Waals surface area (Å²) in [6.07, 6.45) is 6.62. The van der Waals surface area contributed by atoms with Crippen molar-refractivity contribution in [1.82, 2.24) is 10.3 Å². The van der Waals surface area contributed by atoms with Gasteiger partial charge in [-0.15, -0.1) is 11.3 Å². The van der Waals surface area contributed by atoms with Gasteiger partial charge in [-0.3, -0.25) is 0 Å². The van der Waals surface area contributed by atoms with Crippen LogP contribution in [-0.2, 0) is 6.42 Å². The zero-order valence-electron chi connectivity index (χ0n) is 13.5. The fourth-order valence-corrected chi connectivity index (χ4v) is 4.42. The Kier molecular flexibility index (Phi) is 6.03. The lowest BCUT2D eigenvalue weighted by Crippen LogP contribution is -2.34. The molecule has 2 nitrogen and oxygen atoms in total. The Hall–Kier alpha value is -0.410. The molecule has 1 aliphatic rings. The number of nitrogens with one attached hydrogen (secondary N) is 1. The standard InChI is InChI=1S/C17H30N2S/c1-5-8-18-11-15-7-6-12(2)9-16(15)10-17-19-13(3)14(4)20-17/h12,15-16,18H,5-11H2,1-4H3. The van der Waals surface area contributed by atoms with E-state index in [4.69, 9.17) is 4.98 Å². The molecule has 0 spiro atoms. The number of nitrogens with zero attached hydrogens (tertiary/aromatic N) is 1. The van der Waals surface area contributed by atoms with Crippen molar-refractivity contribution < 1.29 is 0 Å². The molecule has 1 heterocycles. The van der Waals surface area contributed by atoms with E-state index in [2.05, 4.69) is 33.0 Å². The monoisotopic (exact) mass is 294 g/mol. The second-order valence-corrected chi connectivity index (χ2v) is 7.88. The Bertz CT molecular complexity index is 394. The Morgan fingerprint density at radius 2 is 2.05 bits per heavy atom. The molecule has 2 rings (SSSR count). The summed E-state index contributed by atoms with van der Waals surface area (Å²) < 4.78 is 0. The molecular formula is C17H30N2S. The molecule has 1 aromatic rings. The summed E-state index contributed by atoms with van der Waals surface area (Å²) >= 11 is 1.91. The van der Waals surface area contributed by atoms with Crippen molar-refractivity contribution in [1.29, 1.82) is 0 Å². The Labute approximate surface area is 128 Å². The first-order valence-electron chi connectivity index (χ1n) is 8.23. The van der Waals surface area contributed by atoms with Crippen molar-refractivity contribution in [2.75, 3.05) is 13.1 Å². The van der Waals surface area contributed by atoms with Crippen molar-refractivity contribution in [2.24, 2.45) is 17.8 Å². The number of aromatic nitrogens is 1. The Morgan fingerprint density at radius 3 is 2.70 bits per heavy atom. The van der Waals surface area contributed by atoms with Gasteiger partial charge >= 0.3 is 0 Å². The van der Waals surface area contributed by atoms with Gasteiger partial charge in [0.05, 0.1) is 10.7 Å². The molecule has 3 heteroatoms. The fourth-order valence-electron chi connectivity index (χ4n) is 3.40. The fraction of sp³-hybridized carbons (Fsp3) is 0.824. The summed E-state index contributed by atoms with van der Waals surface area (Å²) in [5.41, 5.74) is 1.23. The van der Waals surface area contributed by atoms with Gasteiger partial charge in [0.15, 0.2) is 0 Å². The summed E-state index contributed by atoms with van der Waals surface area (Å²) in [7, 11) is 0. The maximum Gasteiger partial charge on any atom is 0.0933 e. The Balaban J connectivity index is 1.96. The third kappa shape index (κ3) is 4.29. The van der Waals surface area contributed by atoms with E-state index in [0.29, 0.717) is 0 Å². The zero-order valence-corrected chi connectivity index (χ0v) is 14.4. The Morgan fingerprint density at radius 1 is 1.25 bits per heavy atom. The van der Waals surface area contributed by atoms with E-state index in [-0.39, 0.29) is 0 Å². The predicted octanol–water partition coefficient (Wildman–Crippen LogP) is 4.35. The molecule has 0 bridgehead atoms. The molecule has 1 aliphatic carbocycles. The first-order valence-corrected chi connectivity index (χ1v) is 9.05. The van der Waals surface area contributed by atoms with Gasteiger partial charge in [-0.05, 0) is 64.0 Å². The van der Waals surface area contributed by atoms with Crippen molar-refractivity contribution in [2.45, 2.75) is 59.8 Å². The van der Waals surface area contributed by atoms with E-state index in [1.807, 2.05) is 11.3 Å². The molecule has 0 amide bonds. The molecule has 0 aromatic carbocycles. The van der Waals surface area contributed by atoms with Crippen molar-refractivity contribution in [3.63, 3.8) is 0 Å². The second-order valence-electron chi connectivity index (χ2n) is 6.60. The van der Waals surface area contributed by atoms with Crippen LogP contribution in [0.3, 0.4) is 0 Å². The van der Waals surface area contributed by atoms with Crippen LogP contribution in [0.25, 0.3) is 0 Å². The summed E-state index contributed by atoms with van der Waals surface area (Å²) in [5, 5.41) is 5.00. The maximum atomic E-state index is 4.76. The highest BCUT2D eigenvalue weighted by atomic mass is 32.1. The molecule has 114 valence electrons. The van der Waals surface area contributed by atoms with Crippen LogP contribution in [0, 0.1) is 31.6 Å². The predicted molar refractivity (Wildman–Crippen MR) is 88.4 cm³/mol. The third-order valence-corrected chi connectivity index (χ3v) is 5.84. The minimum atomic E-state index is 0.827. The second kappa shape index (κ2) is 7.56. The topological polar surface area (TPSA) is 24.9 Å². The highest BCUT2D eigenvalue weighted by molar-refractivity contribution is 7.11. The third-order valence-electron chi connectivity index (χ3n) is 4.74. The van der Waals surface area contributed by atoms with Crippen LogP contribution in [0.5, 0.6) is 0 Å². The van der Waals surface area contributed by atoms with Gasteiger partial charge in [0.2, 0.25) is 0 Å². The smallest absolute Gasteiger partial charge is 0.0933 e. The molecule has 0 saturated heterocycles. The summed E-state index contributed by atoms with van der Waals surface area (Å²) in [6, 6.07) is 0. The van der Waals surface area contributed by atoms with Crippen LogP contribution < -0.4 is 5.32 Å². The van der Waals surface area contributed by atoms with E-state index in [1.54, 1.807) is 0 Å². The van der Waals surface area contributed by atoms with Crippen molar-refractivity contribution in [3.05, 3.63) is 15.6 Å². The van der Waals surface area contributed by atoms with E-state index in [1.165, 1.54) is 54.2 Å². The van der Waals surface area contributed by atoms with Crippen LogP contribution in [0.1, 0.15) is 55.1 Å². The average Bonchev–Trinajstić information content (AvgIpc) is 2.71. The number of aryl methyl sites for hydroxylation is 2. The molecule has 1 N–H and O–H groups in total. The van der Waals surface area contributed by atoms with E-state index in [9.17, 15) is 0 Å². The molecule has 0 aliphatic heterocycles. The summed E-state index contributed by atoms with van der Waals surface area (Å²) in [4.78, 5) is 6.15. The SMILES string of the molecule is CCCNCC1CCC(C)CC1Cc1nc(C)c(C)s1. The quantitative estimate of drug-likeness (QED) is 0.789. The number of hydrogen-bond acceptors (Lipinski definition) is 3. The highest BCUT2D eigenvalue weighted by Crippen LogP contribution is 2.36. The molecule has 3 atom stereocenters.